The van der Waals surface area contributed by atoms with Gasteiger partial charge in [0.05, 0.1) is 10.6 Å². The topological polar surface area (TPSA) is 38.8 Å². The Morgan fingerprint density at radius 3 is 2.32 bits per heavy atom. The second-order valence-electron chi connectivity index (χ2n) is 7.60. The van der Waals surface area contributed by atoms with Crippen molar-refractivity contribution in [3.63, 3.8) is 0 Å². The lowest BCUT2D eigenvalue weighted by Crippen LogP contribution is -2.27. The van der Waals surface area contributed by atoms with Crippen molar-refractivity contribution in [1.82, 2.24) is 0 Å². The van der Waals surface area contributed by atoms with Gasteiger partial charge in [-0.1, -0.05) is 90.7 Å². The molecule has 0 spiro atoms. The van der Waals surface area contributed by atoms with E-state index < -0.39 is 0 Å². The van der Waals surface area contributed by atoms with Crippen molar-refractivity contribution in [2.24, 2.45) is 0 Å². The predicted molar refractivity (Wildman–Crippen MR) is 143 cm³/mol. The van der Waals surface area contributed by atoms with Gasteiger partial charge in [-0.2, -0.15) is 0 Å². The number of ether oxygens (including phenoxy) is 2. The standard InChI is InChI=1S/C28H21NO3S2/c30-27-26(34-28(33)29(27)25-15-7-10-21-9-4-5-14-24(21)25)19-20-8-6-13-23(18-20)32-17-16-31-22-11-2-1-3-12-22/h1-15,18-19H,16-17H2/b26-19-. The first-order valence-electron chi connectivity index (χ1n) is 10.9. The number of anilines is 1. The summed E-state index contributed by atoms with van der Waals surface area (Å²) in [6.45, 7) is 0.861. The smallest absolute Gasteiger partial charge is 0.270 e. The van der Waals surface area contributed by atoms with E-state index in [0.717, 1.165) is 33.5 Å². The summed E-state index contributed by atoms with van der Waals surface area (Å²) in [5.74, 6) is 1.41. The van der Waals surface area contributed by atoms with Crippen LogP contribution in [0.15, 0.2) is 102 Å². The lowest BCUT2D eigenvalue weighted by Gasteiger charge is -2.17. The minimum Gasteiger partial charge on any atom is -0.490 e. The Morgan fingerprint density at radius 1 is 0.794 bits per heavy atom. The van der Waals surface area contributed by atoms with Crippen LogP contribution in [0.3, 0.4) is 0 Å². The molecule has 1 fully saturated rings. The van der Waals surface area contributed by atoms with Crippen molar-refractivity contribution >= 4 is 56.7 Å². The molecule has 5 rings (SSSR count). The molecule has 6 heteroatoms. The fourth-order valence-electron chi connectivity index (χ4n) is 3.76. The maximum atomic E-state index is 13.3. The molecule has 0 radical (unpaired) electrons. The second-order valence-corrected chi connectivity index (χ2v) is 9.27. The van der Waals surface area contributed by atoms with Gasteiger partial charge in [0.25, 0.3) is 5.91 Å². The highest BCUT2D eigenvalue weighted by atomic mass is 32.2. The van der Waals surface area contributed by atoms with Crippen LogP contribution < -0.4 is 14.4 Å². The number of carbonyl (C=O) groups is 1. The number of amides is 1. The maximum absolute atomic E-state index is 13.3. The van der Waals surface area contributed by atoms with Gasteiger partial charge in [-0.15, -0.1) is 0 Å². The molecule has 1 aliphatic rings. The number of para-hydroxylation sites is 1. The highest BCUT2D eigenvalue weighted by Gasteiger charge is 2.34. The average molecular weight is 484 g/mol. The van der Waals surface area contributed by atoms with E-state index in [1.54, 1.807) is 4.90 Å². The SMILES string of the molecule is O=C1/C(=C/c2cccc(OCCOc3ccccc3)c2)SC(=S)N1c1cccc2ccccc12. The van der Waals surface area contributed by atoms with E-state index in [2.05, 4.69) is 0 Å². The van der Waals surface area contributed by atoms with E-state index in [1.165, 1.54) is 11.8 Å². The van der Waals surface area contributed by atoms with Crippen LogP contribution in [-0.2, 0) is 4.79 Å². The summed E-state index contributed by atoms with van der Waals surface area (Å²) in [5, 5.41) is 2.06. The Hall–Kier alpha value is -3.61. The molecule has 0 atom stereocenters. The Bertz CT molecular complexity index is 1380. The maximum Gasteiger partial charge on any atom is 0.270 e. The molecule has 1 heterocycles. The average Bonchev–Trinajstić information content (AvgIpc) is 3.14. The summed E-state index contributed by atoms with van der Waals surface area (Å²) in [7, 11) is 0. The highest BCUT2D eigenvalue weighted by molar-refractivity contribution is 8.27. The number of fused-ring (bicyclic) bond motifs is 1. The normalized spacial score (nSPS) is 14.7. The van der Waals surface area contributed by atoms with E-state index >= 15 is 0 Å². The molecule has 34 heavy (non-hydrogen) atoms. The minimum absolute atomic E-state index is 0.117. The van der Waals surface area contributed by atoms with Gasteiger partial charge < -0.3 is 9.47 Å². The van der Waals surface area contributed by atoms with Crippen molar-refractivity contribution in [2.45, 2.75) is 0 Å². The highest BCUT2D eigenvalue weighted by Crippen LogP contribution is 2.39. The van der Waals surface area contributed by atoms with Crippen LogP contribution in [0.2, 0.25) is 0 Å². The number of hydrogen-bond donors (Lipinski definition) is 0. The van der Waals surface area contributed by atoms with Gasteiger partial charge in [0.2, 0.25) is 0 Å². The zero-order valence-corrected chi connectivity index (χ0v) is 19.9. The third-order valence-electron chi connectivity index (χ3n) is 5.32. The summed E-state index contributed by atoms with van der Waals surface area (Å²) >= 11 is 6.89. The van der Waals surface area contributed by atoms with Gasteiger partial charge in [-0.05, 0) is 47.4 Å². The molecule has 0 bridgehead atoms. The van der Waals surface area contributed by atoms with Crippen LogP contribution >= 0.6 is 24.0 Å². The number of hydrogen-bond acceptors (Lipinski definition) is 5. The summed E-state index contributed by atoms with van der Waals surface area (Å²) < 4.78 is 12.0. The zero-order valence-electron chi connectivity index (χ0n) is 18.2. The summed E-state index contributed by atoms with van der Waals surface area (Å²) in [5.41, 5.74) is 1.68. The number of nitrogens with zero attached hydrogens (tertiary/aromatic N) is 1. The fraction of sp³-hybridized carbons (Fsp3) is 0.0714. The number of thiocarbonyl (C=S) groups is 1. The first-order valence-corrected chi connectivity index (χ1v) is 12.1. The van der Waals surface area contributed by atoms with E-state index in [9.17, 15) is 4.79 Å². The molecule has 1 amide bonds. The predicted octanol–water partition coefficient (Wildman–Crippen LogP) is 6.70. The lowest BCUT2D eigenvalue weighted by atomic mass is 10.1. The van der Waals surface area contributed by atoms with Gasteiger partial charge in [0.15, 0.2) is 4.32 Å². The molecule has 0 saturated carbocycles. The monoisotopic (exact) mass is 483 g/mol. The van der Waals surface area contributed by atoms with E-state index in [-0.39, 0.29) is 5.91 Å². The van der Waals surface area contributed by atoms with Crippen molar-refractivity contribution < 1.29 is 14.3 Å². The quantitative estimate of drug-likeness (QED) is 0.166. The van der Waals surface area contributed by atoms with Crippen LogP contribution in [0, 0.1) is 0 Å². The first-order chi connectivity index (χ1) is 16.7. The third kappa shape index (κ3) is 4.83. The largest absolute Gasteiger partial charge is 0.490 e. The van der Waals surface area contributed by atoms with E-state index in [0.29, 0.717) is 22.4 Å². The van der Waals surface area contributed by atoms with Crippen LogP contribution in [-0.4, -0.2) is 23.4 Å². The molecule has 4 nitrogen and oxygen atoms in total. The Labute approximate surface area is 207 Å². The van der Waals surface area contributed by atoms with Crippen LogP contribution in [0.4, 0.5) is 5.69 Å². The Morgan fingerprint density at radius 2 is 1.47 bits per heavy atom. The van der Waals surface area contributed by atoms with E-state index in [1.807, 2.05) is 103 Å². The second kappa shape index (κ2) is 10.1. The van der Waals surface area contributed by atoms with Gasteiger partial charge in [-0.25, -0.2) is 0 Å². The molecule has 4 aromatic carbocycles. The molecular formula is C28H21NO3S2. The molecule has 0 unspecified atom stereocenters. The lowest BCUT2D eigenvalue weighted by molar-refractivity contribution is -0.113. The van der Waals surface area contributed by atoms with E-state index in [4.69, 9.17) is 21.7 Å². The van der Waals surface area contributed by atoms with Crippen molar-refractivity contribution in [3.05, 3.63) is 108 Å². The molecular weight excluding hydrogens is 462 g/mol. The number of benzene rings is 4. The van der Waals surface area contributed by atoms with Crippen molar-refractivity contribution in [2.75, 3.05) is 18.1 Å². The zero-order chi connectivity index (χ0) is 23.3. The molecule has 1 saturated heterocycles. The summed E-state index contributed by atoms with van der Waals surface area (Å²) in [6.07, 6.45) is 1.86. The molecule has 0 N–H and O–H groups in total. The van der Waals surface area contributed by atoms with Gasteiger partial charge in [0, 0.05) is 5.39 Å². The molecule has 4 aromatic rings. The van der Waals surface area contributed by atoms with Crippen LogP contribution in [0.25, 0.3) is 16.8 Å². The van der Waals surface area contributed by atoms with Gasteiger partial charge in [-0.3, -0.25) is 9.69 Å². The molecule has 0 aromatic heterocycles. The Kier molecular flexibility index (Phi) is 6.60. The Balaban J connectivity index is 1.29. The van der Waals surface area contributed by atoms with Crippen LogP contribution in [0.5, 0.6) is 11.5 Å². The van der Waals surface area contributed by atoms with Crippen molar-refractivity contribution in [3.8, 4) is 11.5 Å². The number of thioether (sulfide) groups is 1. The van der Waals surface area contributed by atoms with Gasteiger partial charge >= 0.3 is 0 Å². The summed E-state index contributed by atoms with van der Waals surface area (Å²) in [4.78, 5) is 15.5. The number of rotatable bonds is 7. The molecule has 0 aliphatic carbocycles. The fourth-order valence-corrected chi connectivity index (χ4v) is 5.04. The number of carbonyl (C=O) groups excluding carboxylic acids is 1. The molecule has 1 aliphatic heterocycles. The van der Waals surface area contributed by atoms with Gasteiger partial charge in [0.1, 0.15) is 24.7 Å². The molecule has 168 valence electrons. The minimum atomic E-state index is -0.117. The third-order valence-corrected chi connectivity index (χ3v) is 6.62. The summed E-state index contributed by atoms with van der Waals surface area (Å²) in [6, 6.07) is 31.2. The van der Waals surface area contributed by atoms with Crippen LogP contribution in [0.1, 0.15) is 5.56 Å². The van der Waals surface area contributed by atoms with Crippen molar-refractivity contribution in [1.29, 1.82) is 0 Å². The first kappa shape index (κ1) is 22.2.